The average molecular weight is 482 g/mol. The number of nitrogens with zero attached hydrogens (tertiary/aromatic N) is 7. The molecule has 36 heavy (non-hydrogen) atoms. The topological polar surface area (TPSA) is 128 Å². The van der Waals surface area contributed by atoms with Crippen molar-refractivity contribution in [2.75, 3.05) is 44.3 Å². The molecule has 3 N–H and O–H groups in total. The molecular formula is C26H27N9O. The van der Waals surface area contributed by atoms with Crippen LogP contribution < -0.4 is 11.1 Å². The molecule has 1 aliphatic heterocycles. The predicted octanol–water partition coefficient (Wildman–Crippen LogP) is 2.81. The number of hydrogen-bond donors (Lipinski definition) is 2. The maximum atomic E-state index is 13.7. The summed E-state index contributed by atoms with van der Waals surface area (Å²) in [6.07, 6.45) is 1.32. The highest BCUT2D eigenvalue weighted by Gasteiger charge is 2.27. The van der Waals surface area contributed by atoms with E-state index in [1.807, 2.05) is 64.8 Å². The third kappa shape index (κ3) is 4.21. The van der Waals surface area contributed by atoms with Gasteiger partial charge in [-0.25, -0.2) is 15.0 Å². The molecule has 1 saturated heterocycles. The fraction of sp³-hybridized carbons (Fsp3) is 0.269. The number of anilines is 2. The smallest absolute Gasteiger partial charge is 0.270 e. The van der Waals surface area contributed by atoms with E-state index in [1.165, 1.54) is 6.33 Å². The van der Waals surface area contributed by atoms with Gasteiger partial charge in [-0.1, -0.05) is 36.4 Å². The lowest BCUT2D eigenvalue weighted by Gasteiger charge is -2.32. The lowest BCUT2D eigenvalue weighted by Crippen LogP contribution is -2.47. The second kappa shape index (κ2) is 9.64. The Morgan fingerprint density at radius 1 is 1.08 bits per heavy atom. The quantitative estimate of drug-likeness (QED) is 0.445. The number of amides is 1. The maximum Gasteiger partial charge on any atom is 0.270 e. The Bertz CT molecular complexity index is 1450. The third-order valence-corrected chi connectivity index (χ3v) is 6.48. The average Bonchev–Trinajstić information content (AvgIpc) is 3.29. The Labute approximate surface area is 209 Å². The predicted molar refractivity (Wildman–Crippen MR) is 137 cm³/mol. The third-order valence-electron chi connectivity index (χ3n) is 6.48. The van der Waals surface area contributed by atoms with Gasteiger partial charge >= 0.3 is 0 Å². The summed E-state index contributed by atoms with van der Waals surface area (Å²) < 4.78 is 1.93. The van der Waals surface area contributed by atoms with Crippen LogP contribution >= 0.6 is 0 Å². The van der Waals surface area contributed by atoms with Crippen LogP contribution in [0.1, 0.15) is 34.7 Å². The van der Waals surface area contributed by atoms with Crippen LogP contribution in [0.25, 0.3) is 16.9 Å². The molecule has 3 aromatic heterocycles. The normalized spacial score (nSPS) is 15.0. The van der Waals surface area contributed by atoms with E-state index in [0.717, 1.165) is 30.0 Å². The summed E-state index contributed by atoms with van der Waals surface area (Å²) in [4.78, 5) is 30.8. The molecule has 0 bridgehead atoms. The number of nitrogens with two attached hydrogens (primary N) is 1. The molecule has 182 valence electrons. The van der Waals surface area contributed by atoms with Crippen LogP contribution in [-0.4, -0.2) is 68.3 Å². The van der Waals surface area contributed by atoms with E-state index >= 15 is 0 Å². The van der Waals surface area contributed by atoms with Gasteiger partial charge in [-0.05, 0) is 26.1 Å². The number of nitriles is 1. The summed E-state index contributed by atoms with van der Waals surface area (Å²) >= 11 is 0. The Hall–Kier alpha value is -4.49. The number of benzene rings is 1. The summed E-state index contributed by atoms with van der Waals surface area (Å²) in [5.74, 6) is 0.425. The fourth-order valence-corrected chi connectivity index (χ4v) is 4.52. The first kappa shape index (κ1) is 23.3. The van der Waals surface area contributed by atoms with Gasteiger partial charge in [0.05, 0.1) is 17.4 Å². The number of nitrogen functional groups attached to an aromatic ring is 1. The van der Waals surface area contributed by atoms with Gasteiger partial charge in [-0.3, -0.25) is 9.20 Å². The second-order valence-electron chi connectivity index (χ2n) is 8.87. The minimum Gasteiger partial charge on any atom is -0.382 e. The van der Waals surface area contributed by atoms with Crippen LogP contribution in [0.5, 0.6) is 0 Å². The highest BCUT2D eigenvalue weighted by molar-refractivity contribution is 5.94. The van der Waals surface area contributed by atoms with E-state index in [2.05, 4.69) is 33.3 Å². The first-order chi connectivity index (χ1) is 17.5. The molecule has 1 atom stereocenters. The number of carbonyl (C=O) groups is 1. The first-order valence-corrected chi connectivity index (χ1v) is 11.8. The number of pyridine rings is 1. The van der Waals surface area contributed by atoms with Crippen LogP contribution in [0, 0.1) is 11.3 Å². The molecule has 1 aromatic carbocycles. The molecule has 1 amide bonds. The Balaban J connectivity index is 1.63. The zero-order valence-corrected chi connectivity index (χ0v) is 20.2. The molecule has 10 nitrogen and oxygen atoms in total. The summed E-state index contributed by atoms with van der Waals surface area (Å²) in [6, 6.07) is 17.2. The minimum atomic E-state index is -0.354. The molecule has 1 unspecified atom stereocenters. The fourth-order valence-electron chi connectivity index (χ4n) is 4.52. The lowest BCUT2D eigenvalue weighted by atomic mass is 10.1. The molecule has 1 fully saturated rings. The van der Waals surface area contributed by atoms with E-state index in [1.54, 1.807) is 0 Å². The largest absolute Gasteiger partial charge is 0.382 e. The zero-order chi connectivity index (χ0) is 25.2. The summed E-state index contributed by atoms with van der Waals surface area (Å²) in [5.41, 5.74) is 9.75. The number of nitrogens with one attached hydrogen (secondary N) is 1. The summed E-state index contributed by atoms with van der Waals surface area (Å²) in [5, 5.41) is 12.8. The van der Waals surface area contributed by atoms with Gasteiger partial charge in [0.25, 0.3) is 5.91 Å². The molecule has 0 aliphatic carbocycles. The zero-order valence-electron chi connectivity index (χ0n) is 20.2. The van der Waals surface area contributed by atoms with Gasteiger partial charge in [0.15, 0.2) is 0 Å². The second-order valence-corrected chi connectivity index (χ2v) is 8.87. The number of fused-ring (bicyclic) bond motifs is 1. The van der Waals surface area contributed by atoms with E-state index in [9.17, 15) is 10.1 Å². The van der Waals surface area contributed by atoms with Crippen molar-refractivity contribution in [1.29, 1.82) is 5.26 Å². The van der Waals surface area contributed by atoms with Crippen molar-refractivity contribution in [3.05, 3.63) is 71.8 Å². The van der Waals surface area contributed by atoms with E-state index < -0.39 is 0 Å². The van der Waals surface area contributed by atoms with Crippen molar-refractivity contribution in [3.63, 3.8) is 0 Å². The van der Waals surface area contributed by atoms with Gasteiger partial charge in [-0.15, -0.1) is 0 Å². The SMILES string of the molecule is CC(Nc1ncnc(N)c1C#N)c1nc2cccc(C(=O)N3CCN(C)CC3)n2c1-c1ccccc1. The highest BCUT2D eigenvalue weighted by Crippen LogP contribution is 2.33. The molecule has 0 saturated carbocycles. The van der Waals surface area contributed by atoms with Crippen LogP contribution in [-0.2, 0) is 0 Å². The molecular weight excluding hydrogens is 454 g/mol. The van der Waals surface area contributed by atoms with E-state index in [4.69, 9.17) is 10.7 Å². The van der Waals surface area contributed by atoms with Crippen molar-refractivity contribution >= 4 is 23.2 Å². The number of rotatable bonds is 5. The number of piperazine rings is 1. The van der Waals surface area contributed by atoms with Gasteiger partial charge < -0.3 is 20.9 Å². The first-order valence-electron chi connectivity index (χ1n) is 11.8. The maximum absolute atomic E-state index is 13.7. The van der Waals surface area contributed by atoms with Crippen molar-refractivity contribution in [3.8, 4) is 17.3 Å². The monoisotopic (exact) mass is 481 g/mol. The molecule has 1 aliphatic rings. The van der Waals surface area contributed by atoms with Crippen molar-refractivity contribution < 1.29 is 4.79 Å². The van der Waals surface area contributed by atoms with Gasteiger partial charge in [0, 0.05) is 31.7 Å². The number of carbonyl (C=O) groups excluding carboxylic acids is 1. The minimum absolute atomic E-state index is 0.0224. The lowest BCUT2D eigenvalue weighted by molar-refractivity contribution is 0.0657. The van der Waals surface area contributed by atoms with Gasteiger partial charge in [-0.2, -0.15) is 5.26 Å². The van der Waals surface area contributed by atoms with Crippen molar-refractivity contribution in [2.45, 2.75) is 13.0 Å². The summed E-state index contributed by atoms with van der Waals surface area (Å²) in [7, 11) is 2.07. The van der Waals surface area contributed by atoms with Crippen LogP contribution in [0.3, 0.4) is 0 Å². The standard InChI is InChI=1S/C26H27N9O/c1-17(31-25-19(15-27)24(28)29-16-30-25)22-23(18-7-4-3-5-8-18)35-20(9-6-10-21(35)32-22)26(36)34-13-11-33(2)12-14-34/h3-10,16-17H,11-14H2,1-2H3,(H3,28,29,30,31). The molecule has 10 heteroatoms. The van der Waals surface area contributed by atoms with E-state index in [0.29, 0.717) is 30.2 Å². The highest BCUT2D eigenvalue weighted by atomic mass is 16.2. The molecule has 5 rings (SSSR count). The molecule has 4 heterocycles. The summed E-state index contributed by atoms with van der Waals surface area (Å²) in [6.45, 7) is 4.98. The van der Waals surface area contributed by atoms with Gasteiger partial charge in [0.1, 0.15) is 40.9 Å². The van der Waals surface area contributed by atoms with Crippen LogP contribution in [0.2, 0.25) is 0 Å². The number of aromatic nitrogens is 4. The van der Waals surface area contributed by atoms with Crippen LogP contribution in [0.15, 0.2) is 54.9 Å². The molecule has 0 spiro atoms. The number of likely N-dealkylation sites (N-methyl/N-ethyl adjacent to an activating group) is 1. The molecule has 0 radical (unpaired) electrons. The van der Waals surface area contributed by atoms with E-state index in [-0.39, 0.29) is 23.3 Å². The molecule has 4 aromatic rings. The Morgan fingerprint density at radius 3 is 2.56 bits per heavy atom. The van der Waals surface area contributed by atoms with Crippen LogP contribution in [0.4, 0.5) is 11.6 Å². The van der Waals surface area contributed by atoms with Crippen molar-refractivity contribution in [2.24, 2.45) is 0 Å². The number of imidazole rings is 1. The Morgan fingerprint density at radius 2 is 1.83 bits per heavy atom. The number of hydrogen-bond acceptors (Lipinski definition) is 8. The Kier molecular flexibility index (Phi) is 6.23. The van der Waals surface area contributed by atoms with Gasteiger partial charge in [0.2, 0.25) is 0 Å². The van der Waals surface area contributed by atoms with Crippen molar-refractivity contribution in [1.82, 2.24) is 29.2 Å².